The summed E-state index contributed by atoms with van der Waals surface area (Å²) in [7, 11) is 2.01. The van der Waals surface area contributed by atoms with Gasteiger partial charge in [-0.1, -0.05) is 0 Å². The molecule has 0 aliphatic carbocycles. The fraction of sp³-hybridized carbons (Fsp3) is 0.600. The van der Waals surface area contributed by atoms with E-state index in [1.165, 1.54) is 5.01 Å². The van der Waals surface area contributed by atoms with Gasteiger partial charge in [0.05, 0.1) is 18.2 Å². The molecule has 0 bridgehead atoms. The number of amides is 1. The molecule has 1 fully saturated rings. The summed E-state index contributed by atoms with van der Waals surface area (Å²) in [4.78, 5) is 13.9. The predicted octanol–water partition coefficient (Wildman–Crippen LogP) is -0.276. The summed E-state index contributed by atoms with van der Waals surface area (Å²) in [5, 5.41) is 5.56. The van der Waals surface area contributed by atoms with Crippen LogP contribution in [0.2, 0.25) is 0 Å². The van der Waals surface area contributed by atoms with E-state index in [2.05, 4.69) is 15.9 Å². The third kappa shape index (κ3) is 2.47. The number of hydrogen-bond donors (Lipinski definition) is 0. The molecule has 77 valence electrons. The SMILES string of the molecule is [C-]#CCN1N=C2CCN(C)CC2C1=O.[Y]. The average molecular weight is 279 g/mol. The molecule has 2 heterocycles. The summed E-state index contributed by atoms with van der Waals surface area (Å²) >= 11 is 0. The van der Waals surface area contributed by atoms with Gasteiger partial charge in [0.2, 0.25) is 0 Å². The first-order valence-electron chi connectivity index (χ1n) is 4.69. The Kier molecular flexibility index (Phi) is 4.45. The van der Waals surface area contributed by atoms with Crippen LogP contribution < -0.4 is 0 Å². The van der Waals surface area contributed by atoms with Crippen LogP contribution in [0.5, 0.6) is 0 Å². The molecule has 2 rings (SSSR count). The minimum atomic E-state index is -0.0675. The first kappa shape index (κ1) is 12.8. The summed E-state index contributed by atoms with van der Waals surface area (Å²) in [6.45, 7) is 1.90. The van der Waals surface area contributed by atoms with E-state index in [1.54, 1.807) is 0 Å². The molecule has 15 heavy (non-hydrogen) atoms. The summed E-state index contributed by atoms with van der Waals surface area (Å²) in [5.74, 6) is 2.15. The maximum atomic E-state index is 11.7. The molecular formula is C10H12N3OY-. The van der Waals surface area contributed by atoms with Crippen LogP contribution in [0.25, 0.3) is 0 Å². The number of carbonyl (C=O) groups excluding carboxylic acids is 1. The number of hydrogen-bond acceptors (Lipinski definition) is 3. The monoisotopic (exact) mass is 279 g/mol. The Bertz CT molecular complexity index is 334. The predicted molar refractivity (Wildman–Crippen MR) is 51.9 cm³/mol. The van der Waals surface area contributed by atoms with Gasteiger partial charge < -0.3 is 17.2 Å². The van der Waals surface area contributed by atoms with Gasteiger partial charge >= 0.3 is 0 Å². The Morgan fingerprint density at radius 3 is 3.07 bits per heavy atom. The third-order valence-electron chi connectivity index (χ3n) is 2.68. The maximum Gasteiger partial charge on any atom is 0.253 e. The molecule has 0 saturated carbocycles. The maximum absolute atomic E-state index is 11.7. The van der Waals surface area contributed by atoms with E-state index in [9.17, 15) is 4.79 Å². The molecule has 0 spiro atoms. The van der Waals surface area contributed by atoms with Crippen molar-refractivity contribution in [2.75, 3.05) is 26.7 Å². The van der Waals surface area contributed by atoms with Crippen molar-refractivity contribution in [3.05, 3.63) is 6.42 Å². The van der Waals surface area contributed by atoms with E-state index in [-0.39, 0.29) is 51.1 Å². The van der Waals surface area contributed by atoms with Crippen molar-refractivity contribution in [1.29, 1.82) is 0 Å². The molecule has 1 saturated heterocycles. The molecule has 0 N–H and O–H groups in total. The zero-order chi connectivity index (χ0) is 10.1. The van der Waals surface area contributed by atoms with E-state index < -0.39 is 0 Å². The first-order chi connectivity index (χ1) is 6.72. The van der Waals surface area contributed by atoms with Crippen LogP contribution in [-0.2, 0) is 37.5 Å². The molecule has 2 aliphatic heterocycles. The minimum absolute atomic E-state index is 0. The molecular weight excluding hydrogens is 267 g/mol. The van der Waals surface area contributed by atoms with E-state index >= 15 is 0 Å². The Morgan fingerprint density at radius 1 is 1.67 bits per heavy atom. The van der Waals surface area contributed by atoms with Gasteiger partial charge in [-0.3, -0.25) is 4.79 Å². The van der Waals surface area contributed by atoms with Crippen molar-refractivity contribution in [3.8, 4) is 5.92 Å². The van der Waals surface area contributed by atoms with Crippen LogP contribution in [0.15, 0.2) is 5.10 Å². The second-order valence-corrected chi connectivity index (χ2v) is 3.73. The van der Waals surface area contributed by atoms with Crippen molar-refractivity contribution in [2.45, 2.75) is 6.42 Å². The third-order valence-corrected chi connectivity index (χ3v) is 2.68. The summed E-state index contributed by atoms with van der Waals surface area (Å²) in [6.07, 6.45) is 7.70. The standard InChI is InChI=1S/C10H12N3O.Y/c1-3-5-13-10(14)8-7-12(2)6-4-9(8)11-13;/h8H,4-7H2,2H3;/q-1;. The second kappa shape index (κ2) is 5.20. The number of nitrogens with zero attached hydrogens (tertiary/aromatic N) is 3. The number of likely N-dealkylation sites (tertiary alicyclic amines) is 1. The van der Waals surface area contributed by atoms with Crippen LogP contribution >= 0.6 is 0 Å². The Hall–Kier alpha value is -0.236. The van der Waals surface area contributed by atoms with Crippen molar-refractivity contribution >= 4 is 11.6 Å². The van der Waals surface area contributed by atoms with Crippen LogP contribution in [0, 0.1) is 18.3 Å². The molecule has 1 amide bonds. The number of hydrazone groups is 1. The molecule has 5 heteroatoms. The summed E-state index contributed by atoms with van der Waals surface area (Å²) in [6, 6.07) is 0. The quantitative estimate of drug-likeness (QED) is 0.489. The van der Waals surface area contributed by atoms with E-state index in [0.29, 0.717) is 0 Å². The van der Waals surface area contributed by atoms with Crippen molar-refractivity contribution in [1.82, 2.24) is 9.91 Å². The van der Waals surface area contributed by atoms with Gasteiger partial charge in [0.1, 0.15) is 0 Å². The van der Waals surface area contributed by atoms with E-state index in [0.717, 1.165) is 25.2 Å². The minimum Gasteiger partial charge on any atom is -0.692 e. The smallest absolute Gasteiger partial charge is 0.253 e. The molecule has 0 aromatic heterocycles. The van der Waals surface area contributed by atoms with Gasteiger partial charge in [-0.25, -0.2) is 5.01 Å². The molecule has 4 nitrogen and oxygen atoms in total. The Labute approximate surface area is 115 Å². The zero-order valence-electron chi connectivity index (χ0n) is 8.73. The van der Waals surface area contributed by atoms with Crippen molar-refractivity contribution in [2.24, 2.45) is 11.0 Å². The largest absolute Gasteiger partial charge is 0.692 e. The molecule has 0 aromatic rings. The Morgan fingerprint density at radius 2 is 2.40 bits per heavy atom. The summed E-state index contributed by atoms with van der Waals surface area (Å²) < 4.78 is 0. The molecule has 1 radical (unpaired) electrons. The summed E-state index contributed by atoms with van der Waals surface area (Å²) in [5.41, 5.74) is 0.975. The van der Waals surface area contributed by atoms with Crippen molar-refractivity contribution in [3.63, 3.8) is 0 Å². The average Bonchev–Trinajstić information content (AvgIpc) is 2.46. The first-order valence-corrected chi connectivity index (χ1v) is 4.69. The number of rotatable bonds is 1. The van der Waals surface area contributed by atoms with Gasteiger partial charge in [-0.15, -0.1) is 0 Å². The molecule has 1 atom stereocenters. The van der Waals surface area contributed by atoms with Crippen LogP contribution in [0.4, 0.5) is 0 Å². The van der Waals surface area contributed by atoms with E-state index in [4.69, 9.17) is 6.42 Å². The van der Waals surface area contributed by atoms with E-state index in [1.807, 2.05) is 7.05 Å². The van der Waals surface area contributed by atoms with Gasteiger partial charge in [-0.05, 0) is 7.05 Å². The molecule has 0 aromatic carbocycles. The van der Waals surface area contributed by atoms with Crippen LogP contribution in [-0.4, -0.2) is 48.2 Å². The number of carbonyl (C=O) groups is 1. The molecule has 1 unspecified atom stereocenters. The van der Waals surface area contributed by atoms with Crippen molar-refractivity contribution < 1.29 is 37.5 Å². The number of piperidine rings is 1. The van der Waals surface area contributed by atoms with Crippen LogP contribution in [0.3, 0.4) is 0 Å². The normalized spacial score (nSPS) is 25.3. The van der Waals surface area contributed by atoms with Gasteiger partial charge in [0.15, 0.2) is 0 Å². The number of fused-ring (bicyclic) bond motifs is 1. The molecule has 2 aliphatic rings. The second-order valence-electron chi connectivity index (χ2n) is 3.73. The van der Waals surface area contributed by atoms with Gasteiger partial charge in [-0.2, -0.15) is 5.10 Å². The fourth-order valence-electron chi connectivity index (χ4n) is 1.90. The Balaban J connectivity index is 0.00000112. The van der Waals surface area contributed by atoms with Gasteiger partial charge in [0, 0.05) is 52.2 Å². The fourth-order valence-corrected chi connectivity index (χ4v) is 1.90. The zero-order valence-corrected chi connectivity index (χ0v) is 11.6. The van der Waals surface area contributed by atoms with Crippen LogP contribution in [0.1, 0.15) is 6.42 Å². The topological polar surface area (TPSA) is 35.9 Å². The van der Waals surface area contributed by atoms with Gasteiger partial charge in [0.25, 0.3) is 5.91 Å².